The molecule has 6 heteroatoms. The van der Waals surface area contributed by atoms with E-state index in [1.54, 1.807) is 0 Å². The van der Waals surface area contributed by atoms with Crippen LogP contribution in [-0.2, 0) is 22.3 Å². The molecule has 27 heavy (non-hydrogen) atoms. The molecule has 0 aromatic heterocycles. The molecule has 0 bridgehead atoms. The van der Waals surface area contributed by atoms with Crippen molar-refractivity contribution < 1.29 is 22.8 Å². The minimum Gasteiger partial charge on any atom is -0.278 e. The first kappa shape index (κ1) is 17.8. The van der Waals surface area contributed by atoms with E-state index in [0.29, 0.717) is 12.8 Å². The molecule has 1 aliphatic heterocycles. The summed E-state index contributed by atoms with van der Waals surface area (Å²) in [6.45, 7) is 0.236. The van der Waals surface area contributed by atoms with Crippen molar-refractivity contribution in [3.05, 3.63) is 71.3 Å². The summed E-state index contributed by atoms with van der Waals surface area (Å²) in [5.41, 5.74) is 0.257. The molecule has 1 aliphatic carbocycles. The van der Waals surface area contributed by atoms with Gasteiger partial charge in [0.25, 0.3) is 0 Å². The minimum atomic E-state index is -4.38. The summed E-state index contributed by atoms with van der Waals surface area (Å²) in [5.74, 6) is -0.515. The third kappa shape index (κ3) is 3.13. The van der Waals surface area contributed by atoms with Crippen LogP contribution in [0.4, 0.5) is 13.2 Å². The second kappa shape index (κ2) is 6.22. The highest BCUT2D eigenvalue weighted by Gasteiger charge is 2.63. The quantitative estimate of drug-likeness (QED) is 0.742. The number of benzene rings is 2. The highest BCUT2D eigenvalue weighted by molar-refractivity contribution is 6.02. The van der Waals surface area contributed by atoms with Crippen molar-refractivity contribution in [2.45, 2.75) is 37.9 Å². The van der Waals surface area contributed by atoms with Crippen molar-refractivity contribution >= 4 is 11.8 Å². The number of halogens is 3. The van der Waals surface area contributed by atoms with Gasteiger partial charge in [0.2, 0.25) is 11.8 Å². The molecule has 2 aromatic rings. The summed E-state index contributed by atoms with van der Waals surface area (Å²) in [5, 5.41) is 0. The largest absolute Gasteiger partial charge is 0.416 e. The fourth-order valence-electron chi connectivity index (χ4n) is 4.04. The van der Waals surface area contributed by atoms with Gasteiger partial charge in [0.15, 0.2) is 0 Å². The molecular weight excluding hydrogens is 355 g/mol. The van der Waals surface area contributed by atoms with E-state index in [1.165, 1.54) is 17.0 Å². The van der Waals surface area contributed by atoms with Crippen LogP contribution in [0.2, 0.25) is 0 Å². The first-order valence-corrected chi connectivity index (χ1v) is 8.87. The van der Waals surface area contributed by atoms with Crippen LogP contribution >= 0.6 is 0 Å². The highest BCUT2D eigenvalue weighted by atomic mass is 19.4. The number of carbonyl (C=O) groups excluding carboxylic acids is 2. The standard InChI is InChI=1S/C21H18F3NO2/c22-21(23,24)16-8-6-15(7-9-16)17-12-20(17)11-10-18(26)25(19(20)27)13-14-4-2-1-3-5-14/h1-9,17H,10-13H2/t17-,20+/m1/s1. The van der Waals surface area contributed by atoms with Crippen molar-refractivity contribution in [1.29, 1.82) is 0 Å². The number of nitrogens with zero attached hydrogens (tertiary/aromatic N) is 1. The second-order valence-corrected chi connectivity index (χ2v) is 7.30. The molecule has 2 amide bonds. The zero-order valence-electron chi connectivity index (χ0n) is 14.5. The lowest BCUT2D eigenvalue weighted by atomic mass is 9.88. The Morgan fingerprint density at radius 1 is 1.00 bits per heavy atom. The lowest BCUT2D eigenvalue weighted by Gasteiger charge is -2.32. The third-order valence-corrected chi connectivity index (χ3v) is 5.66. The topological polar surface area (TPSA) is 37.4 Å². The van der Waals surface area contributed by atoms with Gasteiger partial charge in [-0.25, -0.2) is 0 Å². The number of rotatable bonds is 3. The van der Waals surface area contributed by atoms with Gasteiger partial charge in [-0.15, -0.1) is 0 Å². The van der Waals surface area contributed by atoms with Crippen molar-refractivity contribution in [1.82, 2.24) is 4.90 Å². The van der Waals surface area contributed by atoms with E-state index in [-0.39, 0.29) is 30.7 Å². The van der Waals surface area contributed by atoms with E-state index in [9.17, 15) is 22.8 Å². The maximum absolute atomic E-state index is 13.1. The molecule has 0 N–H and O–H groups in total. The van der Waals surface area contributed by atoms with E-state index in [2.05, 4.69) is 0 Å². The zero-order valence-corrected chi connectivity index (χ0v) is 14.5. The van der Waals surface area contributed by atoms with E-state index < -0.39 is 17.2 Å². The van der Waals surface area contributed by atoms with Crippen molar-refractivity contribution in [2.75, 3.05) is 0 Å². The van der Waals surface area contributed by atoms with Crippen LogP contribution in [0.15, 0.2) is 54.6 Å². The van der Waals surface area contributed by atoms with Gasteiger partial charge in [-0.05, 0) is 42.0 Å². The van der Waals surface area contributed by atoms with Crippen LogP contribution in [-0.4, -0.2) is 16.7 Å². The third-order valence-electron chi connectivity index (χ3n) is 5.66. The molecule has 2 aromatic carbocycles. The van der Waals surface area contributed by atoms with E-state index in [0.717, 1.165) is 23.3 Å². The minimum absolute atomic E-state index is 0.126. The summed E-state index contributed by atoms with van der Waals surface area (Å²) < 4.78 is 38.2. The molecule has 2 fully saturated rings. The summed E-state index contributed by atoms with van der Waals surface area (Å²) >= 11 is 0. The van der Waals surface area contributed by atoms with Gasteiger partial charge >= 0.3 is 6.18 Å². The van der Waals surface area contributed by atoms with Crippen LogP contribution in [0.5, 0.6) is 0 Å². The molecule has 1 saturated heterocycles. The number of alkyl halides is 3. The van der Waals surface area contributed by atoms with Gasteiger partial charge in [0, 0.05) is 6.42 Å². The Bertz CT molecular complexity index is 877. The van der Waals surface area contributed by atoms with E-state index in [4.69, 9.17) is 0 Å². The number of imide groups is 1. The van der Waals surface area contributed by atoms with E-state index >= 15 is 0 Å². The predicted molar refractivity (Wildman–Crippen MR) is 92.5 cm³/mol. The fraction of sp³-hybridized carbons (Fsp3) is 0.333. The van der Waals surface area contributed by atoms with Gasteiger partial charge < -0.3 is 0 Å². The molecule has 0 unspecified atom stereocenters. The maximum atomic E-state index is 13.1. The first-order valence-electron chi connectivity index (χ1n) is 8.87. The summed E-state index contributed by atoms with van der Waals surface area (Å²) in [4.78, 5) is 26.7. The zero-order chi connectivity index (χ0) is 19.2. The summed E-state index contributed by atoms with van der Waals surface area (Å²) in [7, 11) is 0. The molecule has 2 atom stereocenters. The lowest BCUT2D eigenvalue weighted by molar-refractivity contribution is -0.154. The molecular formula is C21H18F3NO2. The first-order chi connectivity index (χ1) is 12.8. The summed E-state index contributed by atoms with van der Waals surface area (Å²) in [6.07, 6.45) is -3.05. The average Bonchev–Trinajstić information content (AvgIpc) is 3.38. The van der Waals surface area contributed by atoms with Crippen LogP contribution in [0.25, 0.3) is 0 Å². The fourth-order valence-corrected chi connectivity index (χ4v) is 4.04. The monoisotopic (exact) mass is 373 g/mol. The Labute approximate surface area is 154 Å². The normalized spacial score (nSPS) is 25.1. The van der Waals surface area contributed by atoms with Crippen molar-refractivity contribution in [2.24, 2.45) is 5.41 Å². The lowest BCUT2D eigenvalue weighted by Crippen LogP contribution is -2.46. The SMILES string of the molecule is O=C1CC[C@@]2(C[C@@H]2c2ccc(C(F)(F)F)cc2)C(=O)N1Cc1ccccc1. The van der Waals surface area contributed by atoms with Crippen LogP contribution in [0.3, 0.4) is 0 Å². The van der Waals surface area contributed by atoms with Gasteiger partial charge in [0.1, 0.15) is 0 Å². The van der Waals surface area contributed by atoms with Crippen LogP contribution in [0, 0.1) is 5.41 Å². The van der Waals surface area contributed by atoms with Gasteiger partial charge in [0.05, 0.1) is 17.5 Å². The average molecular weight is 373 g/mol. The number of carbonyl (C=O) groups is 2. The number of hydrogen-bond donors (Lipinski definition) is 0. The number of likely N-dealkylation sites (tertiary alicyclic amines) is 1. The molecule has 0 radical (unpaired) electrons. The Morgan fingerprint density at radius 3 is 2.30 bits per heavy atom. The Morgan fingerprint density at radius 2 is 1.67 bits per heavy atom. The van der Waals surface area contributed by atoms with Crippen molar-refractivity contribution in [3.8, 4) is 0 Å². The Kier molecular flexibility index (Phi) is 4.09. The second-order valence-electron chi connectivity index (χ2n) is 7.30. The van der Waals surface area contributed by atoms with Crippen LogP contribution < -0.4 is 0 Å². The Balaban J connectivity index is 1.54. The molecule has 1 saturated carbocycles. The predicted octanol–water partition coefficient (Wildman–Crippen LogP) is 4.53. The Hall–Kier alpha value is -2.63. The maximum Gasteiger partial charge on any atom is 0.416 e. The summed E-state index contributed by atoms with van der Waals surface area (Å²) in [6, 6.07) is 14.3. The van der Waals surface area contributed by atoms with Crippen molar-refractivity contribution in [3.63, 3.8) is 0 Å². The number of piperidine rings is 1. The molecule has 140 valence electrons. The molecule has 1 spiro atoms. The highest BCUT2D eigenvalue weighted by Crippen LogP contribution is 2.64. The molecule has 2 aliphatic rings. The van der Waals surface area contributed by atoms with Crippen LogP contribution in [0.1, 0.15) is 41.9 Å². The van der Waals surface area contributed by atoms with Gasteiger partial charge in [-0.2, -0.15) is 13.2 Å². The number of hydrogen-bond acceptors (Lipinski definition) is 2. The molecule has 1 heterocycles. The molecule has 4 rings (SSSR count). The van der Waals surface area contributed by atoms with Gasteiger partial charge in [-0.3, -0.25) is 14.5 Å². The molecule has 3 nitrogen and oxygen atoms in total. The van der Waals surface area contributed by atoms with E-state index in [1.807, 2.05) is 30.3 Å². The number of amides is 2. The van der Waals surface area contributed by atoms with Gasteiger partial charge in [-0.1, -0.05) is 42.5 Å². The smallest absolute Gasteiger partial charge is 0.278 e.